The smallest absolute Gasteiger partial charge is 0.416 e. The van der Waals surface area contributed by atoms with Crippen LogP contribution in [0.1, 0.15) is 18.1 Å². The Kier molecular flexibility index (Phi) is 6.91. The Balaban J connectivity index is 2.02. The minimum Gasteiger partial charge on any atom is -0.497 e. The summed E-state index contributed by atoms with van der Waals surface area (Å²) in [4.78, 5) is 13.7. The summed E-state index contributed by atoms with van der Waals surface area (Å²) in [5.41, 5.74) is -0.296. The number of rotatable bonds is 7. The number of hydrogen-bond acceptors (Lipinski definition) is 4. The summed E-state index contributed by atoms with van der Waals surface area (Å²) in [5, 5.41) is 0. The van der Waals surface area contributed by atoms with Crippen LogP contribution < -0.4 is 9.46 Å². The summed E-state index contributed by atoms with van der Waals surface area (Å²) in [6.07, 6.45) is -4.44. The second kappa shape index (κ2) is 8.83. The number of sulfonamides is 1. The number of hydrogen-bond donors (Lipinski definition) is 1. The van der Waals surface area contributed by atoms with Crippen molar-refractivity contribution in [2.24, 2.45) is 0 Å². The molecule has 0 heterocycles. The first-order valence-electron chi connectivity index (χ1n) is 8.51. The lowest BCUT2D eigenvalue weighted by atomic mass is 10.1. The van der Waals surface area contributed by atoms with Gasteiger partial charge in [0.25, 0.3) is 0 Å². The Morgan fingerprint density at radius 1 is 1.10 bits per heavy atom. The molecule has 1 amide bonds. The van der Waals surface area contributed by atoms with Crippen LogP contribution in [0.2, 0.25) is 0 Å². The van der Waals surface area contributed by atoms with Gasteiger partial charge in [0.05, 0.1) is 23.6 Å². The quantitative estimate of drug-likeness (QED) is 0.733. The molecular formula is C19H21F3N2O4S. The molecule has 0 aliphatic heterocycles. The van der Waals surface area contributed by atoms with Gasteiger partial charge in [0.2, 0.25) is 15.9 Å². The number of likely N-dealkylation sites (N-methyl/N-ethyl adjacent to an activating group) is 1. The van der Waals surface area contributed by atoms with Gasteiger partial charge < -0.3 is 9.64 Å². The number of halogens is 3. The number of amides is 1. The summed E-state index contributed by atoms with van der Waals surface area (Å²) < 4.78 is 70.0. The molecule has 0 aromatic heterocycles. The van der Waals surface area contributed by atoms with Gasteiger partial charge in [-0.2, -0.15) is 17.9 Å². The van der Waals surface area contributed by atoms with Crippen LogP contribution in [0.25, 0.3) is 0 Å². The normalized spacial score (nSPS) is 13.0. The minimum absolute atomic E-state index is 0.0247. The Hall–Kier alpha value is -2.59. The van der Waals surface area contributed by atoms with Gasteiger partial charge in [-0.1, -0.05) is 12.1 Å². The van der Waals surface area contributed by atoms with E-state index in [0.29, 0.717) is 11.3 Å². The maximum absolute atomic E-state index is 12.6. The van der Waals surface area contributed by atoms with Crippen LogP contribution in [0.5, 0.6) is 5.75 Å². The summed E-state index contributed by atoms with van der Waals surface area (Å²) in [7, 11) is -1.04. The van der Waals surface area contributed by atoms with E-state index in [9.17, 15) is 26.4 Å². The molecule has 0 bridgehead atoms. The van der Waals surface area contributed by atoms with Crippen LogP contribution >= 0.6 is 0 Å². The standard InChI is InChI=1S/C19H21F3N2O4S/c1-13(23-29(26,27)17-10-8-16(28-3)9-11-17)18(25)24(2)12-14-4-6-15(7-5-14)19(20,21)22/h4-11,13,23H,12H2,1-3H3/t13-/m0/s1. The molecule has 6 nitrogen and oxygen atoms in total. The monoisotopic (exact) mass is 430 g/mol. The first kappa shape index (κ1) is 22.7. The summed E-state index contributed by atoms with van der Waals surface area (Å²) in [6.45, 7) is 1.43. The molecule has 2 aromatic rings. The third-order valence-corrected chi connectivity index (χ3v) is 5.71. The number of carbonyl (C=O) groups is 1. The average molecular weight is 430 g/mol. The Morgan fingerprint density at radius 3 is 2.14 bits per heavy atom. The van der Waals surface area contributed by atoms with Gasteiger partial charge in [-0.05, 0) is 48.9 Å². The van der Waals surface area contributed by atoms with Crippen LogP contribution in [-0.2, 0) is 27.5 Å². The molecule has 0 saturated carbocycles. The van der Waals surface area contributed by atoms with Crippen LogP contribution in [0.4, 0.5) is 13.2 Å². The van der Waals surface area contributed by atoms with Crippen molar-refractivity contribution in [1.82, 2.24) is 9.62 Å². The molecule has 0 aliphatic rings. The van der Waals surface area contributed by atoms with Crippen molar-refractivity contribution in [3.63, 3.8) is 0 Å². The van der Waals surface area contributed by atoms with Crippen molar-refractivity contribution in [2.75, 3.05) is 14.2 Å². The molecule has 158 valence electrons. The molecule has 0 fully saturated rings. The zero-order valence-electron chi connectivity index (χ0n) is 16.0. The average Bonchev–Trinajstić information content (AvgIpc) is 2.66. The zero-order chi connectivity index (χ0) is 21.8. The first-order chi connectivity index (χ1) is 13.4. The number of alkyl halides is 3. The SMILES string of the molecule is COc1ccc(S(=O)(=O)N[C@@H](C)C(=O)N(C)Cc2ccc(C(F)(F)F)cc2)cc1. The van der Waals surface area contributed by atoms with Crippen LogP contribution in [0.3, 0.4) is 0 Å². The summed E-state index contributed by atoms with van der Waals surface area (Å²) in [5.74, 6) is -0.0358. The predicted molar refractivity (Wildman–Crippen MR) is 101 cm³/mol. The minimum atomic E-state index is -4.44. The molecule has 0 aliphatic carbocycles. The maximum atomic E-state index is 12.6. The molecule has 0 radical (unpaired) electrons. The van der Waals surface area contributed by atoms with E-state index in [-0.39, 0.29) is 11.4 Å². The summed E-state index contributed by atoms with van der Waals surface area (Å²) in [6, 6.07) is 9.02. The fraction of sp³-hybridized carbons (Fsp3) is 0.316. The topological polar surface area (TPSA) is 75.7 Å². The van der Waals surface area contributed by atoms with Crippen molar-refractivity contribution in [2.45, 2.75) is 30.6 Å². The highest BCUT2D eigenvalue weighted by Crippen LogP contribution is 2.29. The van der Waals surface area contributed by atoms with Crippen molar-refractivity contribution in [1.29, 1.82) is 0 Å². The maximum Gasteiger partial charge on any atom is 0.416 e. The Labute approximate surface area is 167 Å². The van der Waals surface area contributed by atoms with Crippen molar-refractivity contribution in [3.05, 3.63) is 59.7 Å². The number of carbonyl (C=O) groups excluding carboxylic acids is 1. The highest BCUT2D eigenvalue weighted by Gasteiger charge is 2.30. The molecule has 2 rings (SSSR count). The highest BCUT2D eigenvalue weighted by molar-refractivity contribution is 7.89. The third-order valence-electron chi connectivity index (χ3n) is 4.15. The molecule has 2 aromatic carbocycles. The lowest BCUT2D eigenvalue weighted by molar-refractivity contribution is -0.137. The zero-order valence-corrected chi connectivity index (χ0v) is 16.8. The van der Waals surface area contributed by atoms with Crippen molar-refractivity contribution >= 4 is 15.9 Å². The van der Waals surface area contributed by atoms with Crippen LogP contribution in [0, 0.1) is 0 Å². The molecular weight excluding hydrogens is 409 g/mol. The van der Waals surface area contributed by atoms with Crippen molar-refractivity contribution < 1.29 is 31.1 Å². The number of benzene rings is 2. The van der Waals surface area contributed by atoms with Crippen LogP contribution in [0.15, 0.2) is 53.4 Å². The van der Waals surface area contributed by atoms with Crippen LogP contribution in [-0.4, -0.2) is 39.4 Å². The highest BCUT2D eigenvalue weighted by atomic mass is 32.2. The Morgan fingerprint density at radius 2 is 1.66 bits per heavy atom. The van der Waals surface area contributed by atoms with Gasteiger partial charge in [-0.3, -0.25) is 4.79 Å². The number of nitrogens with one attached hydrogen (secondary N) is 1. The molecule has 1 atom stereocenters. The van der Waals surface area contributed by atoms with Gasteiger partial charge >= 0.3 is 6.18 Å². The fourth-order valence-corrected chi connectivity index (χ4v) is 3.78. The van der Waals surface area contributed by atoms with E-state index in [1.165, 1.54) is 62.4 Å². The Bertz CT molecular complexity index is 943. The van der Waals surface area contributed by atoms with E-state index in [0.717, 1.165) is 12.1 Å². The lowest BCUT2D eigenvalue weighted by Crippen LogP contribution is -2.45. The second-order valence-corrected chi connectivity index (χ2v) is 8.12. The van der Waals surface area contributed by atoms with Gasteiger partial charge in [0.1, 0.15) is 5.75 Å². The van der Waals surface area contributed by atoms with Gasteiger partial charge in [0, 0.05) is 13.6 Å². The summed E-state index contributed by atoms with van der Waals surface area (Å²) >= 11 is 0. The number of methoxy groups -OCH3 is 1. The molecule has 0 spiro atoms. The molecule has 0 saturated heterocycles. The van der Waals surface area contributed by atoms with Gasteiger partial charge in [0.15, 0.2) is 0 Å². The number of nitrogens with zero attached hydrogens (tertiary/aromatic N) is 1. The third kappa shape index (κ3) is 5.94. The van der Waals surface area contributed by atoms with Gasteiger partial charge in [-0.25, -0.2) is 8.42 Å². The lowest BCUT2D eigenvalue weighted by Gasteiger charge is -2.22. The van der Waals surface area contributed by atoms with E-state index in [2.05, 4.69) is 4.72 Å². The van der Waals surface area contributed by atoms with Crippen molar-refractivity contribution in [3.8, 4) is 5.75 Å². The predicted octanol–water partition coefficient (Wildman–Crippen LogP) is 3.04. The van der Waals surface area contributed by atoms with E-state index < -0.39 is 33.7 Å². The van der Waals surface area contributed by atoms with Gasteiger partial charge in [-0.15, -0.1) is 0 Å². The largest absolute Gasteiger partial charge is 0.497 e. The van der Waals surface area contributed by atoms with E-state index in [4.69, 9.17) is 4.74 Å². The van der Waals surface area contributed by atoms with E-state index in [1.807, 2.05) is 0 Å². The van der Waals surface area contributed by atoms with E-state index in [1.54, 1.807) is 0 Å². The molecule has 0 unspecified atom stereocenters. The molecule has 1 N–H and O–H groups in total. The molecule has 29 heavy (non-hydrogen) atoms. The first-order valence-corrected chi connectivity index (χ1v) is 10.00. The van der Waals surface area contributed by atoms with E-state index >= 15 is 0 Å². The second-order valence-electron chi connectivity index (χ2n) is 6.41. The fourth-order valence-electron chi connectivity index (χ4n) is 2.59. The molecule has 10 heteroatoms. The number of ether oxygens (including phenoxy) is 1.